The van der Waals surface area contributed by atoms with Crippen LogP contribution in [0.5, 0.6) is 0 Å². The summed E-state index contributed by atoms with van der Waals surface area (Å²) in [6.07, 6.45) is 3.06. The third-order valence-electron chi connectivity index (χ3n) is 5.59. The number of halogens is 4. The van der Waals surface area contributed by atoms with Gasteiger partial charge in [0.25, 0.3) is 0 Å². The van der Waals surface area contributed by atoms with E-state index in [0.717, 1.165) is 0 Å². The molecule has 0 radical (unpaired) electrons. The lowest BCUT2D eigenvalue weighted by Crippen LogP contribution is -2.49. The third kappa shape index (κ3) is 6.45. The quantitative estimate of drug-likeness (QED) is 0.590. The summed E-state index contributed by atoms with van der Waals surface area (Å²) in [7, 11) is 0. The van der Waals surface area contributed by atoms with Gasteiger partial charge in [-0.2, -0.15) is 0 Å². The molecule has 32 heavy (non-hydrogen) atoms. The van der Waals surface area contributed by atoms with Crippen LogP contribution in [0.3, 0.4) is 0 Å². The van der Waals surface area contributed by atoms with Gasteiger partial charge >= 0.3 is 0 Å². The number of benzene rings is 1. The van der Waals surface area contributed by atoms with Crippen LogP contribution in [-0.4, -0.2) is 46.1 Å². The smallest absolute Gasteiger partial charge is 0.248 e. The largest absolute Gasteiger partial charge is 0.351 e. The molecule has 1 N–H and O–H groups in total. The number of rotatable bonds is 8. The second kappa shape index (κ2) is 10.8. The van der Waals surface area contributed by atoms with Gasteiger partial charge in [-0.1, -0.05) is 18.2 Å². The molecular weight excluding hydrogens is 443 g/mol. The van der Waals surface area contributed by atoms with Gasteiger partial charge in [0, 0.05) is 43.4 Å². The van der Waals surface area contributed by atoms with Gasteiger partial charge in [0.2, 0.25) is 17.7 Å². The summed E-state index contributed by atoms with van der Waals surface area (Å²) >= 11 is 5.83. The third-order valence-corrected chi connectivity index (χ3v) is 5.82. The number of carbonyl (C=O) groups is 2. The number of hydrogen-bond acceptors (Lipinski definition) is 3. The minimum atomic E-state index is -2.71. The second-order valence-corrected chi connectivity index (χ2v) is 8.20. The summed E-state index contributed by atoms with van der Waals surface area (Å²) in [6.45, 7) is 0.116. The Kier molecular flexibility index (Phi) is 8.12. The van der Waals surface area contributed by atoms with Gasteiger partial charge in [0.05, 0.1) is 0 Å². The fourth-order valence-corrected chi connectivity index (χ4v) is 4.05. The number of nitrogens with zero attached hydrogens (tertiary/aromatic N) is 2. The van der Waals surface area contributed by atoms with Crippen molar-refractivity contribution in [2.24, 2.45) is 0 Å². The van der Waals surface area contributed by atoms with E-state index in [1.54, 1.807) is 30.5 Å². The molecule has 1 fully saturated rings. The van der Waals surface area contributed by atoms with Gasteiger partial charge in [0.15, 0.2) is 0 Å². The van der Waals surface area contributed by atoms with Crippen LogP contribution >= 0.6 is 11.6 Å². The van der Waals surface area contributed by atoms with Crippen LogP contribution in [0, 0.1) is 5.82 Å². The van der Waals surface area contributed by atoms with Gasteiger partial charge < -0.3 is 10.2 Å². The average Bonchev–Trinajstić information content (AvgIpc) is 2.78. The molecule has 5 nitrogen and oxygen atoms in total. The summed E-state index contributed by atoms with van der Waals surface area (Å²) < 4.78 is 40.5. The molecule has 1 heterocycles. The fraction of sp³-hybridized carbons (Fsp3) is 0.435. The molecule has 0 saturated heterocycles. The van der Waals surface area contributed by atoms with E-state index in [1.807, 2.05) is 0 Å². The number of amides is 2. The lowest BCUT2D eigenvalue weighted by atomic mass is 9.92. The maximum atomic E-state index is 13.6. The topological polar surface area (TPSA) is 62.3 Å². The van der Waals surface area contributed by atoms with E-state index in [0.29, 0.717) is 17.5 Å². The summed E-state index contributed by atoms with van der Waals surface area (Å²) in [5, 5.41) is 2.82. The van der Waals surface area contributed by atoms with Crippen molar-refractivity contribution in [2.45, 2.75) is 50.1 Å². The van der Waals surface area contributed by atoms with E-state index in [1.165, 1.54) is 23.2 Å². The molecule has 1 aliphatic carbocycles. The molecule has 1 saturated carbocycles. The highest BCUT2D eigenvalue weighted by Crippen LogP contribution is 2.33. The summed E-state index contributed by atoms with van der Waals surface area (Å²) in [5.41, 5.74) is 1.14. The van der Waals surface area contributed by atoms with Crippen LogP contribution in [-0.2, 0) is 16.0 Å². The highest BCUT2D eigenvalue weighted by atomic mass is 35.5. The van der Waals surface area contributed by atoms with Crippen LogP contribution in [0.15, 0.2) is 48.8 Å². The first kappa shape index (κ1) is 24.0. The van der Waals surface area contributed by atoms with Crippen LogP contribution in [0.2, 0.25) is 0 Å². The zero-order chi connectivity index (χ0) is 23.1. The second-order valence-electron chi connectivity index (χ2n) is 7.93. The van der Waals surface area contributed by atoms with Crippen molar-refractivity contribution in [2.75, 3.05) is 12.4 Å². The molecule has 0 spiro atoms. The molecule has 1 aromatic heterocycles. The zero-order valence-electron chi connectivity index (χ0n) is 17.4. The number of aromatic nitrogens is 1. The number of alkyl halides is 3. The van der Waals surface area contributed by atoms with Crippen molar-refractivity contribution < 1.29 is 22.8 Å². The monoisotopic (exact) mass is 467 g/mol. The lowest BCUT2D eigenvalue weighted by molar-refractivity contribution is -0.139. The van der Waals surface area contributed by atoms with E-state index < -0.39 is 35.6 Å². The van der Waals surface area contributed by atoms with Gasteiger partial charge in [-0.25, -0.2) is 13.2 Å². The van der Waals surface area contributed by atoms with Crippen molar-refractivity contribution in [1.29, 1.82) is 0 Å². The SMILES string of the molecule is O=C(NC1CCC(F)(F)CC1)C(c1cccnc1)N(CCc1cccc(F)c1)C(=O)CCl. The molecule has 2 amide bonds. The van der Waals surface area contributed by atoms with Crippen molar-refractivity contribution in [1.82, 2.24) is 15.2 Å². The molecule has 2 aromatic rings. The van der Waals surface area contributed by atoms with Crippen LogP contribution < -0.4 is 5.32 Å². The minimum absolute atomic E-state index is 0.116. The molecule has 9 heteroatoms. The Morgan fingerprint density at radius 2 is 1.97 bits per heavy atom. The first-order valence-electron chi connectivity index (χ1n) is 10.5. The normalized spacial score (nSPS) is 16.9. The highest BCUT2D eigenvalue weighted by molar-refractivity contribution is 6.27. The molecule has 0 aliphatic heterocycles. The number of pyridine rings is 1. The van der Waals surface area contributed by atoms with Crippen molar-refractivity contribution >= 4 is 23.4 Å². The molecule has 1 atom stereocenters. The van der Waals surface area contributed by atoms with Crippen molar-refractivity contribution in [3.05, 3.63) is 65.7 Å². The lowest BCUT2D eigenvalue weighted by Gasteiger charge is -2.34. The number of hydrogen-bond donors (Lipinski definition) is 1. The predicted molar refractivity (Wildman–Crippen MR) is 115 cm³/mol. The Morgan fingerprint density at radius 3 is 2.59 bits per heavy atom. The highest BCUT2D eigenvalue weighted by Gasteiger charge is 2.37. The minimum Gasteiger partial charge on any atom is -0.351 e. The molecule has 1 unspecified atom stereocenters. The molecule has 0 bridgehead atoms. The zero-order valence-corrected chi connectivity index (χ0v) is 18.2. The first-order valence-corrected chi connectivity index (χ1v) is 11.0. The summed E-state index contributed by atoms with van der Waals surface area (Å²) in [6, 6.07) is 7.87. The van der Waals surface area contributed by atoms with Crippen molar-refractivity contribution in [3.8, 4) is 0 Å². The van der Waals surface area contributed by atoms with Gasteiger partial charge in [-0.15, -0.1) is 11.6 Å². The van der Waals surface area contributed by atoms with E-state index in [-0.39, 0.29) is 38.1 Å². The molecule has 1 aromatic carbocycles. The van der Waals surface area contributed by atoms with E-state index in [4.69, 9.17) is 11.6 Å². The van der Waals surface area contributed by atoms with E-state index in [9.17, 15) is 22.8 Å². The first-order chi connectivity index (χ1) is 15.3. The van der Waals surface area contributed by atoms with E-state index >= 15 is 0 Å². The number of nitrogens with one attached hydrogen (secondary N) is 1. The van der Waals surface area contributed by atoms with Crippen LogP contribution in [0.1, 0.15) is 42.9 Å². The Hall–Kier alpha value is -2.61. The predicted octanol–water partition coefficient (Wildman–Crippen LogP) is 4.27. The number of carbonyl (C=O) groups excluding carboxylic acids is 2. The Labute approximate surface area is 190 Å². The Bertz CT molecular complexity index is 920. The van der Waals surface area contributed by atoms with E-state index in [2.05, 4.69) is 10.3 Å². The maximum Gasteiger partial charge on any atom is 0.248 e. The van der Waals surface area contributed by atoms with Crippen LogP contribution in [0.4, 0.5) is 13.2 Å². The van der Waals surface area contributed by atoms with Gasteiger partial charge in [-0.3, -0.25) is 14.6 Å². The van der Waals surface area contributed by atoms with Crippen LogP contribution in [0.25, 0.3) is 0 Å². The molecule has 1 aliphatic rings. The van der Waals surface area contributed by atoms with Crippen molar-refractivity contribution in [3.63, 3.8) is 0 Å². The Morgan fingerprint density at radius 1 is 1.22 bits per heavy atom. The standard InChI is InChI=1S/C23H25ClF3N3O2/c24-14-20(31)30(12-8-16-3-1-5-18(25)13-16)21(17-4-2-11-28-15-17)22(32)29-19-6-9-23(26,27)10-7-19/h1-5,11,13,15,19,21H,6-10,12,14H2,(H,29,32). The Balaban J connectivity index is 1.82. The average molecular weight is 468 g/mol. The molecular formula is C23H25ClF3N3O2. The summed E-state index contributed by atoms with van der Waals surface area (Å²) in [5.74, 6) is -4.40. The fourth-order valence-electron chi connectivity index (χ4n) is 3.89. The van der Waals surface area contributed by atoms with Gasteiger partial charge in [0.1, 0.15) is 17.7 Å². The summed E-state index contributed by atoms with van der Waals surface area (Å²) in [4.78, 5) is 31.4. The molecule has 172 valence electrons. The molecule has 3 rings (SSSR count). The van der Waals surface area contributed by atoms with Gasteiger partial charge in [-0.05, 0) is 43.0 Å². The maximum absolute atomic E-state index is 13.6.